The zero-order chi connectivity index (χ0) is 21.4. The molecule has 0 saturated carbocycles. The molecule has 1 aromatic heterocycles. The third-order valence-corrected chi connectivity index (χ3v) is 5.94. The molecule has 2 aliphatic rings. The van der Waals surface area contributed by atoms with Crippen molar-refractivity contribution in [2.24, 2.45) is 0 Å². The second-order valence-corrected chi connectivity index (χ2v) is 7.87. The van der Waals surface area contributed by atoms with E-state index in [-0.39, 0.29) is 23.1 Å². The largest absolute Gasteiger partial charge is 0.507 e. The number of hydrogen-bond donors (Lipinski definition) is 1. The highest BCUT2D eigenvalue weighted by Crippen LogP contribution is 2.38. The summed E-state index contributed by atoms with van der Waals surface area (Å²) < 4.78 is 12.0. The van der Waals surface area contributed by atoms with Gasteiger partial charge >= 0.3 is 0 Å². The zero-order valence-corrected chi connectivity index (χ0v) is 17.5. The van der Waals surface area contributed by atoms with Gasteiger partial charge in [0, 0.05) is 44.4 Å². The van der Waals surface area contributed by atoms with Crippen LogP contribution in [0.25, 0.3) is 5.69 Å². The minimum Gasteiger partial charge on any atom is -0.507 e. The lowest BCUT2D eigenvalue weighted by Crippen LogP contribution is -2.46. The second kappa shape index (κ2) is 8.13. The molecule has 0 bridgehead atoms. The molecule has 31 heavy (non-hydrogen) atoms. The number of phenols is 1. The maximum atomic E-state index is 12.8. The van der Waals surface area contributed by atoms with Gasteiger partial charge in [0.05, 0.1) is 17.6 Å². The van der Waals surface area contributed by atoms with Crippen molar-refractivity contribution in [1.29, 1.82) is 0 Å². The molecule has 0 radical (unpaired) electrons. The summed E-state index contributed by atoms with van der Waals surface area (Å²) in [4.78, 5) is 17.1. The molecule has 0 aliphatic carbocycles. The number of phenolic OH excluding ortho intramolecular Hbond substituents is 1. The van der Waals surface area contributed by atoms with Crippen LogP contribution in [0.3, 0.4) is 0 Å². The van der Waals surface area contributed by atoms with Crippen LogP contribution in [0.5, 0.6) is 17.2 Å². The molecule has 2 aliphatic heterocycles. The van der Waals surface area contributed by atoms with Gasteiger partial charge < -0.3 is 19.5 Å². The predicted molar refractivity (Wildman–Crippen MR) is 117 cm³/mol. The van der Waals surface area contributed by atoms with E-state index in [1.165, 1.54) is 4.68 Å². The lowest BCUT2D eigenvalue weighted by molar-refractivity contribution is 0.173. The van der Waals surface area contributed by atoms with Gasteiger partial charge in [-0.1, -0.05) is 29.8 Å². The first kappa shape index (κ1) is 19.7. The zero-order valence-electron chi connectivity index (χ0n) is 16.7. The van der Waals surface area contributed by atoms with E-state index >= 15 is 0 Å². The highest BCUT2D eigenvalue weighted by molar-refractivity contribution is 6.33. The van der Waals surface area contributed by atoms with Gasteiger partial charge in [-0.25, -0.2) is 0 Å². The van der Waals surface area contributed by atoms with Crippen molar-refractivity contribution in [3.05, 3.63) is 69.6 Å². The molecule has 8 nitrogen and oxygen atoms in total. The number of rotatable bonds is 4. The summed E-state index contributed by atoms with van der Waals surface area (Å²) in [6, 6.07) is 12.6. The first-order valence-corrected chi connectivity index (χ1v) is 10.4. The Morgan fingerprint density at radius 3 is 2.48 bits per heavy atom. The lowest BCUT2D eigenvalue weighted by atomic mass is 10.1. The predicted octanol–water partition coefficient (Wildman–Crippen LogP) is 2.64. The standard InChI is InChI=1S/C22H21ClN4O4/c23-21-17(12-24-27(22(21)29)16-4-2-1-3-5-16)26-8-6-25(7-9-26)13-15-10-19-20(11-18(15)28)31-14-30-19/h1-5,10-12,28H,6-9,13-14H2. The van der Waals surface area contributed by atoms with E-state index in [1.54, 1.807) is 12.3 Å². The van der Waals surface area contributed by atoms with Gasteiger partial charge in [-0.3, -0.25) is 9.69 Å². The van der Waals surface area contributed by atoms with E-state index in [0.29, 0.717) is 42.5 Å². The lowest BCUT2D eigenvalue weighted by Gasteiger charge is -2.36. The molecule has 0 spiro atoms. The van der Waals surface area contributed by atoms with E-state index in [0.717, 1.165) is 18.7 Å². The van der Waals surface area contributed by atoms with Crippen LogP contribution in [-0.4, -0.2) is 52.8 Å². The van der Waals surface area contributed by atoms with Crippen molar-refractivity contribution in [3.63, 3.8) is 0 Å². The molecule has 9 heteroatoms. The molecule has 3 heterocycles. The molecule has 0 amide bonds. The smallest absolute Gasteiger partial charge is 0.292 e. The van der Waals surface area contributed by atoms with Crippen LogP contribution in [-0.2, 0) is 6.54 Å². The third kappa shape index (κ3) is 3.80. The molecule has 160 valence electrons. The maximum Gasteiger partial charge on any atom is 0.292 e. The Morgan fingerprint density at radius 2 is 1.74 bits per heavy atom. The number of aromatic hydroxyl groups is 1. The van der Waals surface area contributed by atoms with Gasteiger partial charge in [0.2, 0.25) is 6.79 Å². The number of nitrogens with zero attached hydrogens (tertiary/aromatic N) is 4. The van der Waals surface area contributed by atoms with Crippen LogP contribution < -0.4 is 19.9 Å². The fourth-order valence-corrected chi connectivity index (χ4v) is 4.13. The van der Waals surface area contributed by atoms with Crippen LogP contribution in [0.2, 0.25) is 5.02 Å². The normalized spacial score (nSPS) is 16.0. The van der Waals surface area contributed by atoms with Crippen molar-refractivity contribution in [2.45, 2.75) is 6.54 Å². The van der Waals surface area contributed by atoms with Crippen molar-refractivity contribution >= 4 is 17.3 Å². The molecular formula is C22H21ClN4O4. The van der Waals surface area contributed by atoms with E-state index < -0.39 is 0 Å². The second-order valence-electron chi connectivity index (χ2n) is 7.49. The molecule has 1 N–H and O–H groups in total. The Bertz CT molecular complexity index is 1160. The number of ether oxygens (including phenoxy) is 2. The van der Waals surface area contributed by atoms with Gasteiger partial charge in [-0.05, 0) is 18.2 Å². The Balaban J connectivity index is 1.28. The molecule has 5 rings (SSSR count). The number of benzene rings is 2. The summed E-state index contributed by atoms with van der Waals surface area (Å²) in [5.74, 6) is 1.42. The first-order valence-electron chi connectivity index (χ1n) is 10.0. The van der Waals surface area contributed by atoms with E-state index in [2.05, 4.69) is 14.9 Å². The third-order valence-electron chi connectivity index (χ3n) is 5.58. The molecule has 0 atom stereocenters. The molecular weight excluding hydrogens is 420 g/mol. The minimum absolute atomic E-state index is 0.167. The number of para-hydroxylation sites is 1. The summed E-state index contributed by atoms with van der Waals surface area (Å²) in [7, 11) is 0. The van der Waals surface area contributed by atoms with E-state index in [9.17, 15) is 9.90 Å². The fourth-order valence-electron chi connectivity index (χ4n) is 3.89. The molecule has 2 aromatic carbocycles. The summed E-state index contributed by atoms with van der Waals surface area (Å²) in [5.41, 5.74) is 1.78. The monoisotopic (exact) mass is 440 g/mol. The number of fused-ring (bicyclic) bond motifs is 1. The van der Waals surface area contributed by atoms with Gasteiger partial charge in [0.15, 0.2) is 11.5 Å². The highest BCUT2D eigenvalue weighted by atomic mass is 35.5. The number of piperazine rings is 1. The van der Waals surface area contributed by atoms with Crippen LogP contribution in [0, 0.1) is 0 Å². The summed E-state index contributed by atoms with van der Waals surface area (Å²) in [6.45, 7) is 3.67. The Kier molecular flexibility index (Phi) is 5.17. The maximum absolute atomic E-state index is 12.8. The topological polar surface area (TPSA) is 80.1 Å². The minimum atomic E-state index is -0.335. The average Bonchev–Trinajstić information content (AvgIpc) is 3.24. The number of hydrogen-bond acceptors (Lipinski definition) is 7. The van der Waals surface area contributed by atoms with Gasteiger partial charge in [0.25, 0.3) is 5.56 Å². The summed E-state index contributed by atoms with van der Waals surface area (Å²) in [6.07, 6.45) is 1.65. The Labute approximate surface area is 183 Å². The molecule has 0 unspecified atom stereocenters. The van der Waals surface area contributed by atoms with E-state index in [1.807, 2.05) is 36.4 Å². The quantitative estimate of drug-likeness (QED) is 0.668. The van der Waals surface area contributed by atoms with Crippen molar-refractivity contribution < 1.29 is 14.6 Å². The van der Waals surface area contributed by atoms with Crippen LogP contribution in [0.4, 0.5) is 5.69 Å². The molecule has 1 fully saturated rings. The van der Waals surface area contributed by atoms with E-state index in [4.69, 9.17) is 21.1 Å². The molecule has 3 aromatic rings. The number of anilines is 1. The fraction of sp³-hybridized carbons (Fsp3) is 0.273. The Morgan fingerprint density at radius 1 is 1.03 bits per heavy atom. The average molecular weight is 441 g/mol. The van der Waals surface area contributed by atoms with Crippen molar-refractivity contribution in [2.75, 3.05) is 37.9 Å². The van der Waals surface area contributed by atoms with Crippen molar-refractivity contribution in [3.8, 4) is 22.9 Å². The van der Waals surface area contributed by atoms with Gasteiger partial charge in [-0.15, -0.1) is 0 Å². The van der Waals surface area contributed by atoms with Gasteiger partial charge in [-0.2, -0.15) is 9.78 Å². The van der Waals surface area contributed by atoms with Gasteiger partial charge in [0.1, 0.15) is 10.8 Å². The first-order chi connectivity index (χ1) is 15.1. The Hall–Kier alpha value is -3.23. The number of halogens is 1. The van der Waals surface area contributed by atoms with Crippen LogP contribution in [0.1, 0.15) is 5.56 Å². The van der Waals surface area contributed by atoms with Crippen LogP contribution >= 0.6 is 11.6 Å². The SMILES string of the molecule is O=c1c(Cl)c(N2CCN(Cc3cc4c(cc3O)OCO4)CC2)cnn1-c1ccccc1. The summed E-state index contributed by atoms with van der Waals surface area (Å²) in [5, 5.41) is 14.8. The summed E-state index contributed by atoms with van der Waals surface area (Å²) >= 11 is 6.44. The van der Waals surface area contributed by atoms with Crippen molar-refractivity contribution in [1.82, 2.24) is 14.7 Å². The number of aromatic nitrogens is 2. The highest BCUT2D eigenvalue weighted by Gasteiger charge is 2.23. The molecule has 1 saturated heterocycles. The van der Waals surface area contributed by atoms with Crippen LogP contribution in [0.15, 0.2) is 53.5 Å².